The highest BCUT2D eigenvalue weighted by Crippen LogP contribution is 2.44. The largest absolute Gasteiger partial charge is 0.446 e. The molecule has 0 radical (unpaired) electrons. The minimum atomic E-state index is -5.04. The predicted molar refractivity (Wildman–Crippen MR) is 170 cm³/mol. The van der Waals surface area contributed by atoms with Gasteiger partial charge >= 0.3 is 18.4 Å². The van der Waals surface area contributed by atoms with Gasteiger partial charge < -0.3 is 15.0 Å². The zero-order valence-electron chi connectivity index (χ0n) is 27.5. The van der Waals surface area contributed by atoms with Crippen LogP contribution in [-0.2, 0) is 37.2 Å². The molecule has 2 aromatic heterocycles. The molecule has 4 aromatic rings. The van der Waals surface area contributed by atoms with Crippen LogP contribution in [0, 0.1) is 6.92 Å². The van der Waals surface area contributed by atoms with E-state index in [9.17, 15) is 31.1 Å². The van der Waals surface area contributed by atoms with Crippen molar-refractivity contribution in [3.05, 3.63) is 88.1 Å². The number of fused-ring (bicyclic) bond motifs is 1. The fraction of sp³-hybridized carbons (Fsp3) is 0.424. The molecule has 5 rings (SSSR count). The summed E-state index contributed by atoms with van der Waals surface area (Å²) < 4.78 is 88.7. The Morgan fingerprint density at radius 1 is 1.02 bits per heavy atom. The van der Waals surface area contributed by atoms with Crippen molar-refractivity contribution in [1.29, 1.82) is 0 Å². The number of nitrogens with one attached hydrogen (secondary N) is 1. The molecule has 1 N–H and O–H groups in total. The van der Waals surface area contributed by atoms with Crippen LogP contribution in [0.25, 0.3) is 0 Å². The Morgan fingerprint density at radius 2 is 1.67 bits per heavy atom. The lowest BCUT2D eigenvalue weighted by atomic mass is 9.91. The Bertz CT molecular complexity index is 1740. The van der Waals surface area contributed by atoms with Crippen LogP contribution in [0.5, 0.6) is 0 Å². The third-order valence-corrected chi connectivity index (χ3v) is 8.10. The maximum atomic E-state index is 13.8. The molecule has 10 nitrogen and oxygen atoms in total. The third-order valence-electron chi connectivity index (χ3n) is 8.10. The first-order chi connectivity index (χ1) is 23.0. The van der Waals surface area contributed by atoms with Crippen molar-refractivity contribution < 1.29 is 35.9 Å². The lowest BCUT2D eigenvalue weighted by molar-refractivity contribution is -0.143. The highest BCUT2D eigenvalue weighted by atomic mass is 19.4. The number of amides is 1. The summed E-state index contributed by atoms with van der Waals surface area (Å²) in [5.41, 5.74) is -0.758. The normalized spacial score (nSPS) is 16.4. The standard InChI is InChI=1S/C33H36F6N8O2/c1-6-25-16-26(46(30-42-44-45(5)43-30)18-22-13-23(32(34,35)36)15-24(14-22)33(37,38)39)28-27(47(25)31(48)49-19(2)3)12-20(4)29(41-28)40-17-21-10-8-7-9-11-21/h7-15,19,25-26H,6,16-18H2,1-5H3,(H,40,41)/t25-,26+/m0/s1. The quantitative estimate of drug-likeness (QED) is 0.177. The molecule has 16 heteroatoms. The number of alkyl halides is 6. The van der Waals surface area contributed by atoms with E-state index in [1.807, 2.05) is 44.2 Å². The zero-order chi connectivity index (χ0) is 35.7. The summed E-state index contributed by atoms with van der Waals surface area (Å²) in [6, 6.07) is 11.5. The van der Waals surface area contributed by atoms with Crippen molar-refractivity contribution in [1.82, 2.24) is 25.2 Å². The Balaban J connectivity index is 1.67. The Kier molecular flexibility index (Phi) is 10.1. The molecule has 0 aliphatic carbocycles. The molecule has 1 aliphatic rings. The molecule has 0 unspecified atom stereocenters. The van der Waals surface area contributed by atoms with E-state index in [-0.39, 0.29) is 24.0 Å². The first-order valence-corrected chi connectivity index (χ1v) is 15.6. The average molecular weight is 691 g/mol. The lowest BCUT2D eigenvalue weighted by Gasteiger charge is -2.43. The number of carbonyl (C=O) groups is 1. The number of ether oxygens (including phenoxy) is 1. The van der Waals surface area contributed by atoms with Gasteiger partial charge in [-0.3, -0.25) is 4.90 Å². The van der Waals surface area contributed by atoms with E-state index >= 15 is 0 Å². The Labute approximate surface area is 279 Å². The molecule has 0 fully saturated rings. The van der Waals surface area contributed by atoms with Crippen molar-refractivity contribution in [2.75, 3.05) is 15.1 Å². The number of aromatic nitrogens is 5. The van der Waals surface area contributed by atoms with E-state index in [4.69, 9.17) is 9.72 Å². The number of hydrogen-bond acceptors (Lipinski definition) is 8. The molecule has 1 aliphatic heterocycles. The number of carbonyl (C=O) groups excluding carboxylic acids is 1. The second-order valence-corrected chi connectivity index (χ2v) is 12.1. The van der Waals surface area contributed by atoms with Gasteiger partial charge in [-0.05, 0) is 79.8 Å². The Hall–Kier alpha value is -4.89. The van der Waals surface area contributed by atoms with Crippen molar-refractivity contribution in [2.45, 2.75) is 84.2 Å². The number of halogens is 6. The zero-order valence-corrected chi connectivity index (χ0v) is 27.5. The molecule has 0 spiro atoms. The van der Waals surface area contributed by atoms with Crippen molar-refractivity contribution >= 4 is 23.5 Å². The molecule has 0 saturated carbocycles. The van der Waals surface area contributed by atoms with Crippen LogP contribution in [0.4, 0.5) is 48.6 Å². The number of tetrazole rings is 1. The summed E-state index contributed by atoms with van der Waals surface area (Å²) in [4.78, 5) is 22.6. The van der Waals surface area contributed by atoms with Crippen LogP contribution >= 0.6 is 0 Å². The molecule has 49 heavy (non-hydrogen) atoms. The van der Waals surface area contributed by atoms with Gasteiger partial charge in [0.1, 0.15) is 5.82 Å². The fourth-order valence-corrected chi connectivity index (χ4v) is 5.83. The van der Waals surface area contributed by atoms with Crippen LogP contribution in [0.1, 0.15) is 73.2 Å². The minimum Gasteiger partial charge on any atom is -0.446 e. The van der Waals surface area contributed by atoms with Crippen LogP contribution in [0.3, 0.4) is 0 Å². The van der Waals surface area contributed by atoms with E-state index < -0.39 is 54.3 Å². The van der Waals surface area contributed by atoms with Crippen LogP contribution in [0.15, 0.2) is 54.6 Å². The minimum absolute atomic E-state index is 0.0429. The highest BCUT2D eigenvalue weighted by molar-refractivity contribution is 5.90. The lowest BCUT2D eigenvalue weighted by Crippen LogP contribution is -2.49. The van der Waals surface area contributed by atoms with Gasteiger partial charge in [-0.25, -0.2) is 9.78 Å². The second kappa shape index (κ2) is 13.9. The highest BCUT2D eigenvalue weighted by Gasteiger charge is 2.42. The topological polar surface area (TPSA) is 101 Å². The van der Waals surface area contributed by atoms with Crippen LogP contribution in [-0.4, -0.2) is 43.4 Å². The van der Waals surface area contributed by atoms with Gasteiger partial charge in [-0.1, -0.05) is 42.4 Å². The van der Waals surface area contributed by atoms with E-state index in [1.54, 1.807) is 19.9 Å². The maximum Gasteiger partial charge on any atom is 0.416 e. The molecule has 2 atom stereocenters. The number of aryl methyl sites for hydroxylation is 2. The van der Waals surface area contributed by atoms with Crippen LogP contribution < -0.4 is 15.1 Å². The number of nitrogens with zero attached hydrogens (tertiary/aromatic N) is 7. The third kappa shape index (κ3) is 8.05. The number of pyridine rings is 1. The SMILES string of the molecule is CC[C@H]1C[C@@H](N(Cc2cc(C(F)(F)F)cc(C(F)(F)F)c2)c2nnn(C)n2)c2nc(NCc3ccccc3)c(C)cc2N1C(=O)OC(C)C. The van der Waals surface area contributed by atoms with Gasteiger partial charge in [0.15, 0.2) is 0 Å². The number of rotatable bonds is 9. The van der Waals surface area contributed by atoms with Gasteiger partial charge in [0.2, 0.25) is 0 Å². The van der Waals surface area contributed by atoms with E-state index in [1.165, 1.54) is 16.8 Å². The van der Waals surface area contributed by atoms with Crippen molar-refractivity contribution in [3.63, 3.8) is 0 Å². The Morgan fingerprint density at radius 3 is 2.22 bits per heavy atom. The summed E-state index contributed by atoms with van der Waals surface area (Å²) in [5.74, 6) is 0.434. The number of benzene rings is 2. The summed E-state index contributed by atoms with van der Waals surface area (Å²) in [5, 5.41) is 15.6. The van der Waals surface area contributed by atoms with E-state index in [2.05, 4.69) is 20.7 Å². The summed E-state index contributed by atoms with van der Waals surface area (Å²) in [7, 11) is 1.49. The van der Waals surface area contributed by atoms with Gasteiger partial charge in [0.05, 0.1) is 41.7 Å². The van der Waals surface area contributed by atoms with E-state index in [0.29, 0.717) is 47.9 Å². The molecule has 262 valence electrons. The summed E-state index contributed by atoms with van der Waals surface area (Å²) >= 11 is 0. The molecule has 0 bridgehead atoms. The maximum absolute atomic E-state index is 13.8. The summed E-state index contributed by atoms with van der Waals surface area (Å²) in [6.45, 7) is 7.08. The van der Waals surface area contributed by atoms with Gasteiger partial charge in [-0.2, -0.15) is 31.1 Å². The molecular formula is C33H36F6N8O2. The van der Waals surface area contributed by atoms with Crippen molar-refractivity contribution in [3.8, 4) is 0 Å². The fourth-order valence-electron chi connectivity index (χ4n) is 5.83. The molecule has 1 amide bonds. The molecule has 3 heterocycles. The van der Waals surface area contributed by atoms with Crippen molar-refractivity contribution in [2.24, 2.45) is 7.05 Å². The number of hydrogen-bond donors (Lipinski definition) is 1. The first-order valence-electron chi connectivity index (χ1n) is 15.6. The van der Waals surface area contributed by atoms with Gasteiger partial charge in [0.25, 0.3) is 5.95 Å². The molecule has 2 aromatic carbocycles. The first kappa shape index (κ1) is 35.4. The number of anilines is 3. The monoisotopic (exact) mass is 690 g/mol. The molecular weight excluding hydrogens is 654 g/mol. The smallest absolute Gasteiger partial charge is 0.416 e. The molecule has 0 saturated heterocycles. The van der Waals surface area contributed by atoms with E-state index in [0.717, 1.165) is 10.4 Å². The van der Waals surface area contributed by atoms with Crippen LogP contribution in [0.2, 0.25) is 0 Å². The van der Waals surface area contributed by atoms with Gasteiger partial charge in [-0.15, -0.1) is 5.10 Å². The van der Waals surface area contributed by atoms with Gasteiger partial charge in [0, 0.05) is 19.1 Å². The predicted octanol–water partition coefficient (Wildman–Crippen LogP) is 7.84. The summed E-state index contributed by atoms with van der Waals surface area (Å²) in [6.07, 6.45) is -10.5. The second-order valence-electron chi connectivity index (χ2n) is 12.1. The average Bonchev–Trinajstić information content (AvgIpc) is 3.46.